The summed E-state index contributed by atoms with van der Waals surface area (Å²) in [7, 11) is 0. The highest BCUT2D eigenvalue weighted by Crippen LogP contribution is 2.43. The molecule has 3 saturated heterocycles. The van der Waals surface area contributed by atoms with Gasteiger partial charge in [-0.25, -0.2) is 0 Å². The van der Waals surface area contributed by atoms with Crippen LogP contribution in [0.25, 0.3) is 10.8 Å². The average Bonchev–Trinajstić information content (AvgIpc) is 3.08. The van der Waals surface area contributed by atoms with Crippen molar-refractivity contribution in [2.45, 2.75) is 25.4 Å². The van der Waals surface area contributed by atoms with Gasteiger partial charge in [0.1, 0.15) is 6.10 Å². The number of rotatable bonds is 3. The highest BCUT2D eigenvalue weighted by Gasteiger charge is 2.51. The largest absolute Gasteiger partial charge is 0.461 e. The van der Waals surface area contributed by atoms with Crippen molar-refractivity contribution in [3.8, 4) is 0 Å². The molecule has 0 bridgehead atoms. The molecule has 1 aromatic heterocycles. The second-order valence-corrected chi connectivity index (χ2v) is 8.63. The van der Waals surface area contributed by atoms with E-state index in [1.165, 1.54) is 0 Å². The van der Waals surface area contributed by atoms with E-state index in [-0.39, 0.29) is 18.0 Å². The number of carbonyl (C=O) groups is 2. The number of likely N-dealkylation sites (tertiary alicyclic amines) is 1. The van der Waals surface area contributed by atoms with E-state index in [0.29, 0.717) is 31.5 Å². The van der Waals surface area contributed by atoms with Crippen molar-refractivity contribution >= 4 is 22.6 Å². The molecular weight excluding hydrogens is 382 g/mol. The van der Waals surface area contributed by atoms with E-state index < -0.39 is 5.41 Å². The molecule has 7 heteroatoms. The Balaban J connectivity index is 1.24. The lowest BCUT2D eigenvalue weighted by atomic mass is 9.76. The lowest BCUT2D eigenvalue weighted by Gasteiger charge is -2.36. The van der Waals surface area contributed by atoms with Crippen molar-refractivity contribution in [2.24, 2.45) is 5.41 Å². The van der Waals surface area contributed by atoms with Crippen LogP contribution in [-0.2, 0) is 14.3 Å². The highest BCUT2D eigenvalue weighted by molar-refractivity contribution is 6.06. The van der Waals surface area contributed by atoms with Crippen molar-refractivity contribution in [1.82, 2.24) is 14.8 Å². The highest BCUT2D eigenvalue weighted by atomic mass is 16.6. The van der Waals surface area contributed by atoms with Gasteiger partial charge in [-0.1, -0.05) is 24.3 Å². The van der Waals surface area contributed by atoms with Crippen molar-refractivity contribution in [3.05, 3.63) is 42.2 Å². The number of amides is 1. The maximum atomic E-state index is 13.2. The van der Waals surface area contributed by atoms with Gasteiger partial charge in [0.15, 0.2) is 0 Å². The molecule has 2 aromatic rings. The maximum Gasteiger partial charge on any atom is 0.312 e. The van der Waals surface area contributed by atoms with E-state index in [9.17, 15) is 9.59 Å². The van der Waals surface area contributed by atoms with Crippen LogP contribution in [0.15, 0.2) is 36.7 Å². The average molecular weight is 409 g/mol. The monoisotopic (exact) mass is 409 g/mol. The molecule has 3 aliphatic rings. The number of morpholine rings is 1. The van der Waals surface area contributed by atoms with Gasteiger partial charge in [0, 0.05) is 56.9 Å². The fraction of sp³-hybridized carbons (Fsp3) is 0.522. The van der Waals surface area contributed by atoms with Gasteiger partial charge in [0.05, 0.1) is 24.2 Å². The number of hydrogen-bond donors (Lipinski definition) is 0. The topological polar surface area (TPSA) is 72.0 Å². The van der Waals surface area contributed by atoms with Gasteiger partial charge < -0.3 is 14.4 Å². The molecule has 0 aliphatic carbocycles. The van der Waals surface area contributed by atoms with E-state index in [2.05, 4.69) is 9.88 Å². The molecule has 1 aromatic carbocycles. The number of pyridine rings is 1. The Morgan fingerprint density at radius 3 is 2.67 bits per heavy atom. The van der Waals surface area contributed by atoms with E-state index in [0.717, 1.165) is 50.0 Å². The number of aromatic nitrogens is 1. The molecule has 4 heterocycles. The predicted octanol–water partition coefficient (Wildman–Crippen LogP) is 2.10. The van der Waals surface area contributed by atoms with Crippen molar-refractivity contribution in [3.63, 3.8) is 0 Å². The van der Waals surface area contributed by atoms with E-state index in [1.807, 2.05) is 29.2 Å². The summed E-state index contributed by atoms with van der Waals surface area (Å²) in [6.07, 6.45) is 5.45. The van der Waals surface area contributed by atoms with Crippen molar-refractivity contribution in [2.75, 3.05) is 45.9 Å². The number of piperidine rings is 1. The van der Waals surface area contributed by atoms with Crippen LogP contribution in [0.5, 0.6) is 0 Å². The summed E-state index contributed by atoms with van der Waals surface area (Å²) in [5.74, 6) is -0.0925. The van der Waals surface area contributed by atoms with Gasteiger partial charge in [-0.3, -0.25) is 19.5 Å². The summed E-state index contributed by atoms with van der Waals surface area (Å²) in [6, 6.07) is 7.81. The first kappa shape index (κ1) is 19.5. The Morgan fingerprint density at radius 1 is 1.10 bits per heavy atom. The van der Waals surface area contributed by atoms with Crippen LogP contribution in [0, 0.1) is 5.41 Å². The summed E-state index contributed by atoms with van der Waals surface area (Å²) in [5.41, 5.74) is 0.188. The molecule has 0 N–H and O–H groups in total. The zero-order chi connectivity index (χ0) is 20.6. The Labute approximate surface area is 175 Å². The van der Waals surface area contributed by atoms with E-state index in [4.69, 9.17) is 9.47 Å². The number of ether oxygens (including phenoxy) is 2. The summed E-state index contributed by atoms with van der Waals surface area (Å²) >= 11 is 0. The fourth-order valence-corrected chi connectivity index (χ4v) is 5.01. The second-order valence-electron chi connectivity index (χ2n) is 8.63. The van der Waals surface area contributed by atoms with Crippen LogP contribution >= 0.6 is 0 Å². The smallest absolute Gasteiger partial charge is 0.312 e. The summed E-state index contributed by atoms with van der Waals surface area (Å²) in [5, 5.41) is 1.88. The SMILES string of the molecule is O=C(c1cncc2ccccc12)N1CCC2(CC1)CC(CN1CCOCC1)OC2=O. The Hall–Kier alpha value is -2.51. The number of hydrogen-bond acceptors (Lipinski definition) is 6. The summed E-state index contributed by atoms with van der Waals surface area (Å²) < 4.78 is 11.2. The molecule has 1 amide bonds. The van der Waals surface area contributed by atoms with Gasteiger partial charge in [0.25, 0.3) is 5.91 Å². The normalized spacial score (nSPS) is 24.3. The van der Waals surface area contributed by atoms with Crippen LogP contribution in [0.2, 0.25) is 0 Å². The molecule has 3 aliphatic heterocycles. The van der Waals surface area contributed by atoms with E-state index >= 15 is 0 Å². The van der Waals surface area contributed by atoms with Crippen LogP contribution in [0.1, 0.15) is 29.6 Å². The lowest BCUT2D eigenvalue weighted by Crippen LogP contribution is -2.45. The maximum absolute atomic E-state index is 13.2. The minimum atomic E-state index is -0.440. The first-order valence-electron chi connectivity index (χ1n) is 10.8. The Bertz CT molecular complexity index is 943. The molecule has 0 saturated carbocycles. The van der Waals surface area contributed by atoms with Crippen molar-refractivity contribution < 1.29 is 19.1 Å². The molecule has 7 nitrogen and oxygen atoms in total. The number of nitrogens with zero attached hydrogens (tertiary/aromatic N) is 3. The van der Waals surface area contributed by atoms with Crippen LogP contribution < -0.4 is 0 Å². The Kier molecular flexibility index (Phi) is 5.16. The molecule has 0 radical (unpaired) electrons. The molecule has 1 unspecified atom stereocenters. The molecule has 30 heavy (non-hydrogen) atoms. The molecular formula is C23H27N3O4. The number of carbonyl (C=O) groups excluding carboxylic acids is 2. The summed E-state index contributed by atoms with van der Waals surface area (Å²) in [4.78, 5) is 34.3. The quantitative estimate of drug-likeness (QED) is 0.723. The van der Waals surface area contributed by atoms with Gasteiger partial charge in [-0.15, -0.1) is 0 Å². The third kappa shape index (κ3) is 3.56. The third-order valence-electron chi connectivity index (χ3n) is 6.80. The van der Waals surface area contributed by atoms with Crippen LogP contribution in [-0.4, -0.2) is 78.7 Å². The molecule has 3 fully saturated rings. The molecule has 158 valence electrons. The zero-order valence-corrected chi connectivity index (χ0v) is 17.1. The second kappa shape index (κ2) is 7.96. The lowest BCUT2D eigenvalue weighted by molar-refractivity contribution is -0.151. The number of esters is 1. The third-order valence-corrected chi connectivity index (χ3v) is 6.80. The van der Waals surface area contributed by atoms with E-state index in [1.54, 1.807) is 12.4 Å². The fourth-order valence-electron chi connectivity index (χ4n) is 5.01. The molecule has 5 rings (SSSR count). The molecule has 1 atom stereocenters. The van der Waals surface area contributed by atoms with Crippen molar-refractivity contribution in [1.29, 1.82) is 0 Å². The minimum Gasteiger partial charge on any atom is -0.461 e. The van der Waals surface area contributed by atoms with Gasteiger partial charge in [-0.05, 0) is 18.2 Å². The van der Waals surface area contributed by atoms with Gasteiger partial charge >= 0.3 is 5.97 Å². The number of fused-ring (bicyclic) bond motifs is 1. The summed E-state index contributed by atoms with van der Waals surface area (Å²) in [6.45, 7) is 5.19. The minimum absolute atomic E-state index is 0.00891. The first-order valence-corrected chi connectivity index (χ1v) is 10.8. The van der Waals surface area contributed by atoms with Crippen LogP contribution in [0.4, 0.5) is 0 Å². The number of cyclic esters (lactones) is 1. The molecule has 1 spiro atoms. The predicted molar refractivity (Wildman–Crippen MR) is 111 cm³/mol. The zero-order valence-electron chi connectivity index (χ0n) is 17.1. The Morgan fingerprint density at radius 2 is 1.87 bits per heavy atom. The van der Waals surface area contributed by atoms with Crippen LogP contribution in [0.3, 0.4) is 0 Å². The number of benzene rings is 1. The van der Waals surface area contributed by atoms with Gasteiger partial charge in [0.2, 0.25) is 0 Å². The van der Waals surface area contributed by atoms with Gasteiger partial charge in [-0.2, -0.15) is 0 Å². The standard InChI is InChI=1S/C23H27N3O4/c27-21(20-15-24-14-17-3-1-2-4-19(17)20)26-7-5-23(6-8-26)13-18(30-22(23)28)16-25-9-11-29-12-10-25/h1-4,14-15,18H,5-13,16H2. The first-order chi connectivity index (χ1) is 14.6.